The highest BCUT2D eigenvalue weighted by Crippen LogP contribution is 2.25. The van der Waals surface area contributed by atoms with E-state index in [9.17, 15) is 9.59 Å². The van der Waals surface area contributed by atoms with Gasteiger partial charge in [0.1, 0.15) is 5.75 Å². The van der Waals surface area contributed by atoms with Crippen molar-refractivity contribution in [1.29, 1.82) is 0 Å². The summed E-state index contributed by atoms with van der Waals surface area (Å²) in [4.78, 5) is 28.1. The van der Waals surface area contributed by atoms with Gasteiger partial charge >= 0.3 is 5.97 Å². The molecule has 3 rings (SSSR count). The molecule has 2 aromatic carbocycles. The number of carbonyl (C=O) groups is 2. The fourth-order valence-electron chi connectivity index (χ4n) is 2.36. The van der Waals surface area contributed by atoms with Gasteiger partial charge in [0.2, 0.25) is 0 Å². The van der Waals surface area contributed by atoms with Crippen LogP contribution in [0.3, 0.4) is 0 Å². The molecule has 0 fully saturated rings. The molecule has 8 heteroatoms. The van der Waals surface area contributed by atoms with Crippen molar-refractivity contribution in [2.24, 2.45) is 0 Å². The zero-order chi connectivity index (χ0) is 19.2. The molecular weight excluding hydrogens is 366 g/mol. The zero-order valence-electron chi connectivity index (χ0n) is 14.5. The van der Waals surface area contributed by atoms with Crippen molar-refractivity contribution in [1.82, 2.24) is 4.98 Å². The molecule has 0 saturated heterocycles. The molecule has 0 radical (unpaired) electrons. The fraction of sp³-hybridized carbons (Fsp3) is 0.105. The smallest absolute Gasteiger partial charge is 0.339 e. The third kappa shape index (κ3) is 4.62. The van der Waals surface area contributed by atoms with Gasteiger partial charge in [-0.1, -0.05) is 12.1 Å². The summed E-state index contributed by atoms with van der Waals surface area (Å²) in [5.41, 5.74) is 7.99. The normalized spacial score (nSPS) is 10.3. The van der Waals surface area contributed by atoms with Crippen molar-refractivity contribution in [3.63, 3.8) is 0 Å². The molecule has 0 aliphatic rings. The summed E-state index contributed by atoms with van der Waals surface area (Å²) < 4.78 is 10.2. The van der Waals surface area contributed by atoms with Gasteiger partial charge in [0, 0.05) is 10.9 Å². The largest absolute Gasteiger partial charge is 0.484 e. The molecule has 0 atom stereocenters. The number of benzene rings is 2. The second-order valence-corrected chi connectivity index (χ2v) is 6.36. The average molecular weight is 383 g/mol. The van der Waals surface area contributed by atoms with E-state index in [-0.39, 0.29) is 18.1 Å². The van der Waals surface area contributed by atoms with E-state index in [2.05, 4.69) is 10.3 Å². The lowest BCUT2D eigenvalue weighted by Crippen LogP contribution is -2.21. The number of nitrogens with one attached hydrogen (secondary N) is 1. The summed E-state index contributed by atoms with van der Waals surface area (Å²) in [6.07, 6.45) is 0. The van der Waals surface area contributed by atoms with Crippen molar-refractivity contribution in [3.8, 4) is 17.0 Å². The SMILES string of the molecule is COC(=O)c1ccccc1NC(=O)COc1ccc(-c2csc(N)n2)cc1. The topological polar surface area (TPSA) is 104 Å². The number of amides is 1. The number of nitrogen functional groups attached to an aromatic ring is 1. The van der Waals surface area contributed by atoms with E-state index in [0.717, 1.165) is 11.3 Å². The molecule has 3 aromatic rings. The third-order valence-corrected chi connectivity index (χ3v) is 4.32. The Labute approximate surface area is 159 Å². The Kier molecular flexibility index (Phi) is 5.68. The number of anilines is 2. The lowest BCUT2D eigenvalue weighted by molar-refractivity contribution is -0.118. The van der Waals surface area contributed by atoms with Crippen LogP contribution in [0.4, 0.5) is 10.8 Å². The Bertz CT molecular complexity index is 954. The van der Waals surface area contributed by atoms with Gasteiger partial charge in [-0.05, 0) is 36.4 Å². The maximum absolute atomic E-state index is 12.1. The first-order valence-corrected chi connectivity index (χ1v) is 8.86. The monoisotopic (exact) mass is 383 g/mol. The predicted molar refractivity (Wildman–Crippen MR) is 104 cm³/mol. The predicted octanol–water partition coefficient (Wildman–Crippen LogP) is 3.20. The van der Waals surface area contributed by atoms with Crippen molar-refractivity contribution in [3.05, 3.63) is 59.5 Å². The van der Waals surface area contributed by atoms with Gasteiger partial charge in [0.25, 0.3) is 5.91 Å². The molecular formula is C19H17N3O4S. The number of thiazole rings is 1. The van der Waals surface area contributed by atoms with Crippen LogP contribution in [0.1, 0.15) is 10.4 Å². The van der Waals surface area contributed by atoms with E-state index in [1.54, 1.807) is 36.4 Å². The molecule has 0 aliphatic carbocycles. The molecule has 0 aliphatic heterocycles. The molecule has 138 valence electrons. The van der Waals surface area contributed by atoms with Crippen LogP contribution in [0.15, 0.2) is 53.9 Å². The van der Waals surface area contributed by atoms with Gasteiger partial charge in [-0.3, -0.25) is 4.79 Å². The summed E-state index contributed by atoms with van der Waals surface area (Å²) in [6, 6.07) is 13.8. The van der Waals surface area contributed by atoms with Gasteiger partial charge in [-0.15, -0.1) is 11.3 Å². The summed E-state index contributed by atoms with van der Waals surface area (Å²) >= 11 is 1.37. The number of nitrogens with two attached hydrogens (primary N) is 1. The Morgan fingerprint density at radius 3 is 2.56 bits per heavy atom. The number of para-hydroxylation sites is 1. The van der Waals surface area contributed by atoms with Gasteiger partial charge in [-0.2, -0.15) is 0 Å². The number of hydrogen-bond acceptors (Lipinski definition) is 7. The van der Waals surface area contributed by atoms with Gasteiger partial charge in [-0.25, -0.2) is 9.78 Å². The van der Waals surface area contributed by atoms with Crippen LogP contribution in [0.2, 0.25) is 0 Å². The molecule has 0 unspecified atom stereocenters. The number of nitrogens with zero attached hydrogens (tertiary/aromatic N) is 1. The van der Waals surface area contributed by atoms with Crippen molar-refractivity contribution >= 4 is 34.0 Å². The van der Waals surface area contributed by atoms with E-state index in [1.807, 2.05) is 17.5 Å². The second kappa shape index (κ2) is 8.33. The summed E-state index contributed by atoms with van der Waals surface area (Å²) in [5.74, 6) is -0.369. The molecule has 0 saturated carbocycles. The Balaban J connectivity index is 1.59. The number of esters is 1. The first-order valence-electron chi connectivity index (χ1n) is 7.98. The molecule has 3 N–H and O–H groups in total. The number of carbonyl (C=O) groups excluding carboxylic acids is 2. The highest BCUT2D eigenvalue weighted by Gasteiger charge is 2.13. The van der Waals surface area contributed by atoms with E-state index in [4.69, 9.17) is 15.2 Å². The van der Waals surface area contributed by atoms with E-state index in [0.29, 0.717) is 16.6 Å². The molecule has 0 bridgehead atoms. The van der Waals surface area contributed by atoms with E-state index < -0.39 is 5.97 Å². The minimum atomic E-state index is -0.523. The zero-order valence-corrected chi connectivity index (χ0v) is 15.3. The molecule has 7 nitrogen and oxygen atoms in total. The number of rotatable bonds is 6. The van der Waals surface area contributed by atoms with Crippen LogP contribution in [0, 0.1) is 0 Å². The Hall–Kier alpha value is -3.39. The van der Waals surface area contributed by atoms with Crippen LogP contribution in [0.5, 0.6) is 5.75 Å². The first-order chi connectivity index (χ1) is 13.1. The number of methoxy groups -OCH3 is 1. The van der Waals surface area contributed by atoms with Crippen molar-refractivity contribution in [2.45, 2.75) is 0 Å². The summed E-state index contributed by atoms with van der Waals surface area (Å²) in [7, 11) is 1.29. The standard InChI is InChI=1S/C19H17N3O4S/c1-25-18(24)14-4-2-3-5-15(14)21-17(23)10-26-13-8-6-12(7-9-13)16-11-27-19(20)22-16/h2-9,11H,10H2,1H3,(H2,20,22)(H,21,23). The lowest BCUT2D eigenvalue weighted by Gasteiger charge is -2.10. The number of aromatic nitrogens is 1. The second-order valence-electron chi connectivity index (χ2n) is 5.47. The van der Waals surface area contributed by atoms with Gasteiger partial charge < -0.3 is 20.5 Å². The maximum atomic E-state index is 12.1. The van der Waals surface area contributed by atoms with Crippen LogP contribution in [-0.2, 0) is 9.53 Å². The molecule has 1 amide bonds. The van der Waals surface area contributed by atoms with Crippen LogP contribution >= 0.6 is 11.3 Å². The molecule has 0 spiro atoms. The minimum absolute atomic E-state index is 0.196. The van der Waals surface area contributed by atoms with E-state index >= 15 is 0 Å². The highest BCUT2D eigenvalue weighted by atomic mass is 32.1. The molecule has 1 aromatic heterocycles. The first kappa shape index (κ1) is 18.4. The number of hydrogen-bond donors (Lipinski definition) is 2. The highest BCUT2D eigenvalue weighted by molar-refractivity contribution is 7.13. The quantitative estimate of drug-likeness (QED) is 0.634. The van der Waals surface area contributed by atoms with Crippen molar-refractivity contribution in [2.75, 3.05) is 24.8 Å². The van der Waals surface area contributed by atoms with Gasteiger partial charge in [0.15, 0.2) is 11.7 Å². The van der Waals surface area contributed by atoms with Crippen LogP contribution in [0.25, 0.3) is 11.3 Å². The van der Waals surface area contributed by atoms with Crippen molar-refractivity contribution < 1.29 is 19.1 Å². The summed E-state index contributed by atoms with van der Waals surface area (Å²) in [5, 5.41) is 5.03. The van der Waals surface area contributed by atoms with Gasteiger partial charge in [0.05, 0.1) is 24.1 Å². The minimum Gasteiger partial charge on any atom is -0.484 e. The Morgan fingerprint density at radius 2 is 1.89 bits per heavy atom. The van der Waals surface area contributed by atoms with Crippen LogP contribution in [-0.4, -0.2) is 30.6 Å². The fourth-order valence-corrected chi connectivity index (χ4v) is 2.93. The van der Waals surface area contributed by atoms with Crippen LogP contribution < -0.4 is 15.8 Å². The third-order valence-electron chi connectivity index (χ3n) is 3.65. The van der Waals surface area contributed by atoms with E-state index in [1.165, 1.54) is 18.4 Å². The molecule has 27 heavy (non-hydrogen) atoms. The summed E-state index contributed by atoms with van der Waals surface area (Å²) in [6.45, 7) is -0.196. The maximum Gasteiger partial charge on any atom is 0.339 e. The average Bonchev–Trinajstić information content (AvgIpc) is 3.13. The number of ether oxygens (including phenoxy) is 2. The lowest BCUT2D eigenvalue weighted by atomic mass is 10.2. The Morgan fingerprint density at radius 1 is 1.15 bits per heavy atom. The molecule has 1 heterocycles.